The molecule has 0 aromatic heterocycles. The van der Waals surface area contributed by atoms with Crippen LogP contribution >= 0.6 is 0 Å². The molecule has 0 aliphatic heterocycles. The van der Waals surface area contributed by atoms with Gasteiger partial charge in [-0.1, -0.05) is 74.5 Å². The number of aryl methyl sites for hydroxylation is 2. The molecule has 0 atom stereocenters. The maximum atomic E-state index is 2.40. The van der Waals surface area contributed by atoms with Crippen molar-refractivity contribution >= 4 is 0 Å². The van der Waals surface area contributed by atoms with Crippen molar-refractivity contribution in [1.29, 1.82) is 0 Å². The zero-order valence-corrected chi connectivity index (χ0v) is 16.7. The van der Waals surface area contributed by atoms with E-state index in [4.69, 9.17) is 0 Å². The van der Waals surface area contributed by atoms with E-state index in [0.29, 0.717) is 0 Å². The van der Waals surface area contributed by atoms with E-state index in [1.165, 1.54) is 52.6 Å². The van der Waals surface area contributed by atoms with E-state index in [9.17, 15) is 0 Å². The Morgan fingerprint density at radius 1 is 0.519 bits per heavy atom. The number of hydrogen-bond acceptors (Lipinski definition) is 0. The predicted molar refractivity (Wildman–Crippen MR) is 116 cm³/mol. The van der Waals surface area contributed by atoms with Gasteiger partial charge in [-0.3, -0.25) is 0 Å². The lowest BCUT2D eigenvalue weighted by atomic mass is 9.91. The summed E-state index contributed by atoms with van der Waals surface area (Å²) in [5.74, 6) is 0. The van der Waals surface area contributed by atoms with Gasteiger partial charge in [-0.25, -0.2) is 0 Å². The molecule has 0 heterocycles. The molecule has 1 aliphatic rings. The first kappa shape index (κ1) is 18.0. The van der Waals surface area contributed by atoms with Gasteiger partial charge < -0.3 is 0 Å². The summed E-state index contributed by atoms with van der Waals surface area (Å²) in [4.78, 5) is 0. The average molecular weight is 355 g/mol. The largest absolute Gasteiger partial charge is 0.0613 e. The van der Waals surface area contributed by atoms with E-state index in [1.807, 2.05) is 0 Å². The molecule has 3 aromatic carbocycles. The van der Waals surface area contributed by atoms with E-state index < -0.39 is 0 Å². The van der Waals surface area contributed by atoms with Crippen molar-refractivity contribution in [2.24, 2.45) is 0 Å². The zero-order valence-electron chi connectivity index (χ0n) is 16.7. The summed E-state index contributed by atoms with van der Waals surface area (Å²) in [5, 5.41) is 0. The molecule has 0 amide bonds. The van der Waals surface area contributed by atoms with Crippen molar-refractivity contribution < 1.29 is 0 Å². The molecule has 0 bridgehead atoms. The first-order chi connectivity index (χ1) is 13.3. The van der Waals surface area contributed by atoms with Crippen molar-refractivity contribution in [3.8, 4) is 0 Å². The van der Waals surface area contributed by atoms with Crippen molar-refractivity contribution in [3.63, 3.8) is 0 Å². The summed E-state index contributed by atoms with van der Waals surface area (Å²) in [5.41, 5.74) is 12.1. The minimum Gasteiger partial charge on any atom is -0.0613 e. The number of fused-ring (bicyclic) bond motifs is 1. The topological polar surface area (TPSA) is 0 Å². The lowest BCUT2D eigenvalue weighted by Crippen LogP contribution is -2.01. The Labute approximate surface area is 164 Å². The van der Waals surface area contributed by atoms with Crippen LogP contribution in [-0.4, -0.2) is 0 Å². The van der Waals surface area contributed by atoms with E-state index in [2.05, 4.69) is 74.5 Å². The van der Waals surface area contributed by atoms with Gasteiger partial charge in [0.05, 0.1) is 0 Å². The molecule has 0 unspecified atom stereocenters. The van der Waals surface area contributed by atoms with Gasteiger partial charge >= 0.3 is 0 Å². The van der Waals surface area contributed by atoms with Gasteiger partial charge in [0.2, 0.25) is 0 Å². The molecule has 0 saturated heterocycles. The third-order valence-electron chi connectivity index (χ3n) is 6.13. The SMILES string of the molecule is CCc1ccc(Cc2ccc(Cc3ccc(CC)cc3)c3c2CCC3)cc1. The van der Waals surface area contributed by atoms with Crippen LogP contribution in [0, 0.1) is 0 Å². The Morgan fingerprint density at radius 2 is 0.889 bits per heavy atom. The fraction of sp³-hybridized carbons (Fsp3) is 0.333. The smallest absolute Gasteiger partial charge is 0.00229 e. The van der Waals surface area contributed by atoms with E-state index in [-0.39, 0.29) is 0 Å². The minimum absolute atomic E-state index is 1.07. The summed E-state index contributed by atoms with van der Waals surface area (Å²) in [6.07, 6.45) is 8.17. The van der Waals surface area contributed by atoms with Crippen LogP contribution in [0.4, 0.5) is 0 Å². The molecule has 0 N–H and O–H groups in total. The van der Waals surface area contributed by atoms with Crippen LogP contribution in [0.5, 0.6) is 0 Å². The Hall–Kier alpha value is -2.34. The highest BCUT2D eigenvalue weighted by molar-refractivity contribution is 5.47. The standard InChI is InChI=1S/C27H30/c1-3-20-8-12-22(13-9-20)18-24-16-17-25(27-7-5-6-26(24)27)19-23-14-10-21(4-2)11-15-23/h8-17H,3-7,18-19H2,1-2H3. The molecule has 0 nitrogen and oxygen atoms in total. The molecular weight excluding hydrogens is 324 g/mol. The molecule has 0 radical (unpaired) electrons. The van der Waals surface area contributed by atoms with Crippen LogP contribution in [0.3, 0.4) is 0 Å². The van der Waals surface area contributed by atoms with Gasteiger partial charge in [0.15, 0.2) is 0 Å². The highest BCUT2D eigenvalue weighted by atomic mass is 14.2. The quantitative estimate of drug-likeness (QED) is 0.475. The number of rotatable bonds is 6. The molecule has 3 aromatic rings. The summed E-state index contributed by atoms with van der Waals surface area (Å²) >= 11 is 0. The molecule has 0 fully saturated rings. The molecule has 0 heteroatoms. The summed E-state index contributed by atoms with van der Waals surface area (Å²) in [6.45, 7) is 4.44. The molecule has 0 spiro atoms. The van der Waals surface area contributed by atoms with Crippen LogP contribution in [0.2, 0.25) is 0 Å². The lowest BCUT2D eigenvalue weighted by Gasteiger charge is -2.14. The summed E-state index contributed by atoms with van der Waals surface area (Å²) < 4.78 is 0. The molecular formula is C27H30. The van der Waals surface area contributed by atoms with E-state index >= 15 is 0 Å². The van der Waals surface area contributed by atoms with E-state index in [0.717, 1.165) is 25.7 Å². The molecule has 138 valence electrons. The second kappa shape index (κ2) is 8.13. The summed E-state index contributed by atoms with van der Waals surface area (Å²) in [7, 11) is 0. The van der Waals surface area contributed by atoms with E-state index in [1.54, 1.807) is 11.1 Å². The Bertz CT molecular complexity index is 822. The minimum atomic E-state index is 1.07. The highest BCUT2D eigenvalue weighted by Gasteiger charge is 2.18. The average Bonchev–Trinajstić information content (AvgIpc) is 3.21. The maximum absolute atomic E-state index is 2.40. The molecule has 4 rings (SSSR count). The maximum Gasteiger partial charge on any atom is -0.00229 e. The monoisotopic (exact) mass is 354 g/mol. The van der Waals surface area contributed by atoms with Gasteiger partial charge in [-0.15, -0.1) is 0 Å². The van der Waals surface area contributed by atoms with Crippen molar-refractivity contribution in [2.75, 3.05) is 0 Å². The van der Waals surface area contributed by atoms with Gasteiger partial charge in [-0.05, 0) is 89.5 Å². The second-order valence-corrected chi connectivity index (χ2v) is 7.89. The normalized spacial score (nSPS) is 13.0. The second-order valence-electron chi connectivity index (χ2n) is 7.89. The zero-order chi connectivity index (χ0) is 18.6. The predicted octanol–water partition coefficient (Wildman–Crippen LogP) is 6.48. The van der Waals surface area contributed by atoms with Crippen LogP contribution in [0.15, 0.2) is 60.7 Å². The molecule has 1 aliphatic carbocycles. The van der Waals surface area contributed by atoms with Crippen LogP contribution in [0.25, 0.3) is 0 Å². The lowest BCUT2D eigenvalue weighted by molar-refractivity contribution is 0.903. The fourth-order valence-electron chi connectivity index (χ4n) is 4.41. The number of hydrogen-bond donors (Lipinski definition) is 0. The van der Waals surface area contributed by atoms with Gasteiger partial charge in [0, 0.05) is 0 Å². The Morgan fingerprint density at radius 3 is 1.26 bits per heavy atom. The first-order valence-corrected chi connectivity index (χ1v) is 10.5. The molecule has 0 saturated carbocycles. The first-order valence-electron chi connectivity index (χ1n) is 10.5. The molecule has 27 heavy (non-hydrogen) atoms. The Kier molecular flexibility index (Phi) is 5.43. The van der Waals surface area contributed by atoms with Gasteiger partial charge in [0.1, 0.15) is 0 Å². The third-order valence-corrected chi connectivity index (χ3v) is 6.13. The summed E-state index contributed by atoms with van der Waals surface area (Å²) in [6, 6.07) is 23.2. The van der Waals surface area contributed by atoms with Crippen LogP contribution in [0.1, 0.15) is 64.8 Å². The van der Waals surface area contributed by atoms with Gasteiger partial charge in [-0.2, -0.15) is 0 Å². The van der Waals surface area contributed by atoms with Crippen molar-refractivity contribution in [1.82, 2.24) is 0 Å². The van der Waals surface area contributed by atoms with Crippen LogP contribution < -0.4 is 0 Å². The van der Waals surface area contributed by atoms with Crippen LogP contribution in [-0.2, 0) is 38.5 Å². The number of benzene rings is 3. The van der Waals surface area contributed by atoms with Gasteiger partial charge in [0.25, 0.3) is 0 Å². The Balaban J connectivity index is 1.57. The highest BCUT2D eigenvalue weighted by Crippen LogP contribution is 2.31. The fourth-order valence-corrected chi connectivity index (χ4v) is 4.41. The third kappa shape index (κ3) is 4.00. The van der Waals surface area contributed by atoms with Crippen molar-refractivity contribution in [3.05, 3.63) is 105 Å². The van der Waals surface area contributed by atoms with Crippen molar-refractivity contribution in [2.45, 2.75) is 58.8 Å².